The van der Waals surface area contributed by atoms with Gasteiger partial charge < -0.3 is 14.4 Å². The number of carbonyl (C=O) groups is 1. The summed E-state index contributed by atoms with van der Waals surface area (Å²) in [5.74, 6) is 1.68. The Morgan fingerprint density at radius 2 is 1.53 bits per heavy atom. The van der Waals surface area contributed by atoms with E-state index in [1.807, 2.05) is 83.8 Å². The molecule has 1 saturated heterocycles. The summed E-state index contributed by atoms with van der Waals surface area (Å²) in [6.07, 6.45) is 1.65. The molecule has 0 aliphatic carbocycles. The third kappa shape index (κ3) is 6.36. The molecule has 4 nitrogen and oxygen atoms in total. The van der Waals surface area contributed by atoms with Crippen LogP contribution < -0.4 is 4.74 Å². The summed E-state index contributed by atoms with van der Waals surface area (Å²) < 4.78 is 11.5. The van der Waals surface area contributed by atoms with Crippen LogP contribution in [-0.2, 0) is 9.53 Å². The van der Waals surface area contributed by atoms with Gasteiger partial charge in [-0.2, -0.15) is 0 Å². The first-order valence-electron chi connectivity index (χ1n) is 10.9. The second-order valence-electron chi connectivity index (χ2n) is 7.78. The van der Waals surface area contributed by atoms with Crippen LogP contribution in [0.5, 0.6) is 5.75 Å². The van der Waals surface area contributed by atoms with Gasteiger partial charge in [0.05, 0.1) is 18.6 Å². The van der Waals surface area contributed by atoms with Gasteiger partial charge in [0.1, 0.15) is 11.9 Å². The highest BCUT2D eigenvalue weighted by atomic mass is 35.5. The summed E-state index contributed by atoms with van der Waals surface area (Å²) in [5, 5.41) is 1.34. The van der Waals surface area contributed by atoms with Crippen LogP contribution in [0, 0.1) is 0 Å². The number of halogens is 2. The predicted molar refractivity (Wildman–Crippen MR) is 141 cm³/mol. The number of rotatable bonds is 8. The molecule has 0 N–H and O–H groups in total. The van der Waals surface area contributed by atoms with E-state index in [1.165, 1.54) is 0 Å². The minimum Gasteiger partial charge on any atom is -0.497 e. The normalized spacial score (nSPS) is 15.2. The van der Waals surface area contributed by atoms with Crippen LogP contribution in [0.4, 0.5) is 0 Å². The lowest BCUT2D eigenvalue weighted by atomic mass is 10.0. The molecule has 3 aromatic rings. The Labute approximate surface area is 214 Å². The number of methoxy groups -OCH3 is 1. The fraction of sp³-hybridized carbons (Fsp3) is 0.222. The van der Waals surface area contributed by atoms with Crippen LogP contribution in [0.2, 0.25) is 10.0 Å². The maximum atomic E-state index is 13.1. The number of hydrogen-bond donors (Lipinski definition) is 0. The van der Waals surface area contributed by atoms with Gasteiger partial charge in [-0.05, 0) is 59.2 Å². The molecule has 0 saturated carbocycles. The van der Waals surface area contributed by atoms with Crippen molar-refractivity contribution in [2.24, 2.45) is 0 Å². The SMILES string of the molecule is COc1ccc(C=C2SCCN(CCOC(c3ccc(Cl)cc3)c3ccc(Cl)cc3)C2=O)cc1. The van der Waals surface area contributed by atoms with E-state index < -0.39 is 0 Å². The summed E-state index contributed by atoms with van der Waals surface area (Å²) in [5.41, 5.74) is 2.96. The molecule has 4 rings (SSSR count). The molecule has 1 heterocycles. The van der Waals surface area contributed by atoms with Crippen LogP contribution in [0.25, 0.3) is 6.08 Å². The average Bonchev–Trinajstić information content (AvgIpc) is 2.86. The number of ether oxygens (including phenoxy) is 2. The minimum absolute atomic E-state index is 0.0326. The van der Waals surface area contributed by atoms with Crippen LogP contribution in [0.15, 0.2) is 77.7 Å². The van der Waals surface area contributed by atoms with Crippen molar-refractivity contribution in [3.8, 4) is 5.75 Å². The van der Waals surface area contributed by atoms with Crippen LogP contribution >= 0.6 is 35.0 Å². The van der Waals surface area contributed by atoms with E-state index in [-0.39, 0.29) is 12.0 Å². The molecule has 0 spiro atoms. The fourth-order valence-corrected chi connectivity index (χ4v) is 4.95. The first-order chi connectivity index (χ1) is 16.5. The van der Waals surface area contributed by atoms with E-state index in [2.05, 4.69) is 0 Å². The van der Waals surface area contributed by atoms with Gasteiger partial charge in [-0.25, -0.2) is 0 Å². The van der Waals surface area contributed by atoms with Crippen molar-refractivity contribution in [1.82, 2.24) is 4.90 Å². The lowest BCUT2D eigenvalue weighted by Gasteiger charge is -2.29. The van der Waals surface area contributed by atoms with Gasteiger partial charge in [-0.15, -0.1) is 11.8 Å². The highest BCUT2D eigenvalue weighted by molar-refractivity contribution is 8.04. The van der Waals surface area contributed by atoms with Crippen molar-refractivity contribution in [3.05, 3.63) is 104 Å². The number of amides is 1. The van der Waals surface area contributed by atoms with Crippen LogP contribution in [-0.4, -0.2) is 43.4 Å². The second kappa shape index (κ2) is 11.8. The van der Waals surface area contributed by atoms with E-state index in [4.69, 9.17) is 32.7 Å². The van der Waals surface area contributed by atoms with Gasteiger partial charge in [0, 0.05) is 28.9 Å². The zero-order valence-corrected chi connectivity index (χ0v) is 21.1. The van der Waals surface area contributed by atoms with Gasteiger partial charge in [0.15, 0.2) is 0 Å². The Hall–Kier alpha value is -2.44. The molecule has 0 atom stereocenters. The Balaban J connectivity index is 1.43. The number of hydrogen-bond acceptors (Lipinski definition) is 4. The van der Waals surface area contributed by atoms with Crippen molar-refractivity contribution in [2.75, 3.05) is 32.6 Å². The third-order valence-corrected chi connectivity index (χ3v) is 7.02. The van der Waals surface area contributed by atoms with Crippen molar-refractivity contribution in [1.29, 1.82) is 0 Å². The number of nitrogens with zero attached hydrogens (tertiary/aromatic N) is 1. The topological polar surface area (TPSA) is 38.8 Å². The summed E-state index contributed by atoms with van der Waals surface area (Å²) in [6, 6.07) is 22.9. The molecule has 34 heavy (non-hydrogen) atoms. The summed E-state index contributed by atoms with van der Waals surface area (Å²) >= 11 is 13.7. The zero-order valence-electron chi connectivity index (χ0n) is 18.7. The van der Waals surface area contributed by atoms with E-state index in [0.717, 1.165) is 33.1 Å². The lowest BCUT2D eigenvalue weighted by Crippen LogP contribution is -2.39. The largest absolute Gasteiger partial charge is 0.497 e. The summed E-state index contributed by atoms with van der Waals surface area (Å²) in [7, 11) is 1.64. The third-order valence-electron chi connectivity index (χ3n) is 5.52. The Bertz CT molecular complexity index is 1090. The summed E-state index contributed by atoms with van der Waals surface area (Å²) in [4.78, 5) is 15.7. The predicted octanol–water partition coefficient (Wildman–Crippen LogP) is 6.72. The Morgan fingerprint density at radius 3 is 2.09 bits per heavy atom. The lowest BCUT2D eigenvalue weighted by molar-refractivity contribution is -0.127. The maximum absolute atomic E-state index is 13.1. The molecule has 1 amide bonds. The monoisotopic (exact) mass is 513 g/mol. The van der Waals surface area contributed by atoms with E-state index in [0.29, 0.717) is 29.7 Å². The van der Waals surface area contributed by atoms with E-state index in [1.54, 1.807) is 18.9 Å². The summed E-state index contributed by atoms with van der Waals surface area (Å²) in [6.45, 7) is 1.61. The molecule has 1 fully saturated rings. The van der Waals surface area contributed by atoms with E-state index >= 15 is 0 Å². The number of thioether (sulfide) groups is 1. The highest BCUT2D eigenvalue weighted by Crippen LogP contribution is 2.30. The molecular formula is C27H25Cl2NO3S. The zero-order chi connectivity index (χ0) is 23.9. The van der Waals surface area contributed by atoms with Crippen molar-refractivity contribution in [3.63, 3.8) is 0 Å². The molecule has 0 radical (unpaired) electrons. The molecule has 0 unspecified atom stereocenters. The molecule has 0 aromatic heterocycles. The molecule has 1 aliphatic heterocycles. The van der Waals surface area contributed by atoms with Gasteiger partial charge in [0.25, 0.3) is 5.91 Å². The van der Waals surface area contributed by atoms with Gasteiger partial charge in [-0.3, -0.25) is 4.79 Å². The molecular weight excluding hydrogens is 489 g/mol. The van der Waals surface area contributed by atoms with E-state index in [9.17, 15) is 4.79 Å². The van der Waals surface area contributed by atoms with Gasteiger partial charge in [-0.1, -0.05) is 59.6 Å². The molecule has 176 valence electrons. The molecule has 1 aliphatic rings. The van der Waals surface area contributed by atoms with Crippen molar-refractivity contribution in [2.45, 2.75) is 6.10 Å². The molecule has 3 aromatic carbocycles. The minimum atomic E-state index is -0.280. The quantitative estimate of drug-likeness (QED) is 0.313. The van der Waals surface area contributed by atoms with Crippen molar-refractivity contribution < 1.29 is 14.3 Å². The maximum Gasteiger partial charge on any atom is 0.260 e. The smallest absolute Gasteiger partial charge is 0.260 e. The Morgan fingerprint density at radius 1 is 0.941 bits per heavy atom. The average molecular weight is 514 g/mol. The van der Waals surface area contributed by atoms with Crippen molar-refractivity contribution >= 4 is 46.9 Å². The number of carbonyl (C=O) groups excluding carboxylic acids is 1. The fourth-order valence-electron chi connectivity index (χ4n) is 3.69. The number of benzene rings is 3. The Kier molecular flexibility index (Phi) is 8.57. The first kappa shape index (κ1) is 24.7. The molecule has 7 heteroatoms. The highest BCUT2D eigenvalue weighted by Gasteiger charge is 2.24. The standard InChI is InChI=1S/C27H25Cl2NO3S/c1-32-24-12-2-19(3-13-24)18-25-27(31)30(15-17-34-25)14-16-33-26(20-4-8-22(28)9-5-20)21-6-10-23(29)11-7-21/h2-13,18,26H,14-17H2,1H3. The van der Waals surface area contributed by atoms with Crippen LogP contribution in [0.1, 0.15) is 22.8 Å². The first-order valence-corrected chi connectivity index (χ1v) is 12.7. The van der Waals surface area contributed by atoms with Crippen LogP contribution in [0.3, 0.4) is 0 Å². The van der Waals surface area contributed by atoms with Gasteiger partial charge in [0.2, 0.25) is 0 Å². The van der Waals surface area contributed by atoms with Gasteiger partial charge >= 0.3 is 0 Å². The molecule has 0 bridgehead atoms. The second-order valence-corrected chi connectivity index (χ2v) is 9.79.